The summed E-state index contributed by atoms with van der Waals surface area (Å²) in [6.45, 7) is 0.698. The van der Waals surface area contributed by atoms with Gasteiger partial charge in [0.15, 0.2) is 5.58 Å². The fraction of sp³-hybridized carbons (Fsp3) is 0.280. The van der Waals surface area contributed by atoms with Crippen molar-refractivity contribution < 1.29 is 14.0 Å². The van der Waals surface area contributed by atoms with Crippen LogP contribution in [0.2, 0.25) is 0 Å². The van der Waals surface area contributed by atoms with Gasteiger partial charge in [-0.25, -0.2) is 4.74 Å². The zero-order valence-corrected chi connectivity index (χ0v) is 19.0. The number of halogens is 1. The Balaban J connectivity index is 1.34. The predicted molar refractivity (Wildman–Crippen MR) is 124 cm³/mol. The number of ether oxygens (including phenoxy) is 2. The molecule has 4 aromatic rings. The Bertz CT molecular complexity index is 1280. The maximum Gasteiger partial charge on any atom is 0.182 e. The van der Waals surface area contributed by atoms with Crippen LogP contribution in [0.15, 0.2) is 69.7 Å². The Morgan fingerprint density at radius 1 is 1.00 bits per heavy atom. The van der Waals surface area contributed by atoms with Crippen molar-refractivity contribution in [2.45, 2.75) is 31.1 Å². The van der Waals surface area contributed by atoms with Crippen molar-refractivity contribution in [3.63, 3.8) is 0 Å². The van der Waals surface area contributed by atoms with Gasteiger partial charge in [-0.3, -0.25) is 0 Å². The van der Waals surface area contributed by atoms with Crippen LogP contribution in [-0.2, 0) is 11.3 Å². The van der Waals surface area contributed by atoms with Gasteiger partial charge in [0.05, 0.1) is 18.8 Å². The van der Waals surface area contributed by atoms with Crippen molar-refractivity contribution in [1.29, 1.82) is 0 Å². The van der Waals surface area contributed by atoms with Crippen LogP contribution in [0.3, 0.4) is 0 Å². The molecule has 0 saturated carbocycles. The lowest BCUT2D eigenvalue weighted by Gasteiger charge is -2.21. The number of benzene rings is 3. The minimum Gasteiger partial charge on any atom is -0.457 e. The van der Waals surface area contributed by atoms with E-state index in [2.05, 4.69) is 71.3 Å². The van der Waals surface area contributed by atoms with Crippen LogP contribution < -0.4 is 9.64 Å². The van der Waals surface area contributed by atoms with Crippen molar-refractivity contribution >= 4 is 32.7 Å². The SMILES string of the molecule is CN(C)c1ccc2on(C[C@@H]3C[C@H]4c5ccccc5Oc5ccc(Br)cc5[C@H]4O3)c2c1. The van der Waals surface area contributed by atoms with Crippen LogP contribution in [-0.4, -0.2) is 24.9 Å². The number of para-hydroxylation sites is 1. The average molecular weight is 479 g/mol. The van der Waals surface area contributed by atoms with Crippen molar-refractivity contribution in [1.82, 2.24) is 4.74 Å². The second kappa shape index (κ2) is 7.18. The average Bonchev–Trinajstić information content (AvgIpc) is 3.12. The number of anilines is 1. The monoisotopic (exact) mass is 478 g/mol. The van der Waals surface area contributed by atoms with Crippen LogP contribution >= 0.6 is 15.9 Å². The van der Waals surface area contributed by atoms with E-state index >= 15 is 0 Å². The van der Waals surface area contributed by atoms with E-state index in [0.29, 0.717) is 6.54 Å². The van der Waals surface area contributed by atoms with E-state index in [4.69, 9.17) is 14.0 Å². The zero-order chi connectivity index (χ0) is 21.1. The minimum absolute atomic E-state index is 0.0463. The van der Waals surface area contributed by atoms with Gasteiger partial charge in [0.2, 0.25) is 0 Å². The first-order valence-electron chi connectivity index (χ1n) is 10.6. The summed E-state index contributed by atoms with van der Waals surface area (Å²) in [5.74, 6) is 2.03. The molecule has 0 unspecified atom stereocenters. The highest BCUT2D eigenvalue weighted by atomic mass is 79.9. The first-order valence-corrected chi connectivity index (χ1v) is 11.3. The molecule has 5 nitrogen and oxygen atoms in total. The Morgan fingerprint density at radius 3 is 2.71 bits per heavy atom. The summed E-state index contributed by atoms with van der Waals surface area (Å²) in [4.78, 5) is 2.10. The Labute approximate surface area is 189 Å². The van der Waals surface area contributed by atoms with Gasteiger partial charge in [-0.2, -0.15) is 0 Å². The largest absolute Gasteiger partial charge is 0.457 e. The number of rotatable bonds is 3. The molecule has 2 aliphatic heterocycles. The normalized spacial score (nSPS) is 21.8. The summed E-state index contributed by atoms with van der Waals surface area (Å²) >= 11 is 3.62. The van der Waals surface area contributed by atoms with Crippen LogP contribution in [0.5, 0.6) is 11.5 Å². The lowest BCUT2D eigenvalue weighted by molar-refractivity contribution is 0.0178. The van der Waals surface area contributed by atoms with Crippen molar-refractivity contribution in [3.05, 3.63) is 76.3 Å². The topological polar surface area (TPSA) is 39.8 Å². The summed E-state index contributed by atoms with van der Waals surface area (Å²) in [7, 11) is 4.10. The summed E-state index contributed by atoms with van der Waals surface area (Å²) in [5, 5.41) is 0. The van der Waals surface area contributed by atoms with E-state index in [9.17, 15) is 0 Å². The molecule has 3 atom stereocenters. The summed E-state index contributed by atoms with van der Waals surface area (Å²) in [6.07, 6.45) is 0.929. The molecule has 0 spiro atoms. The molecule has 2 aliphatic rings. The first kappa shape index (κ1) is 19.0. The molecule has 1 saturated heterocycles. The van der Waals surface area contributed by atoms with Gasteiger partial charge in [0.1, 0.15) is 17.0 Å². The highest BCUT2D eigenvalue weighted by Gasteiger charge is 2.42. The number of fused-ring (bicyclic) bond motifs is 6. The molecule has 3 heterocycles. The smallest absolute Gasteiger partial charge is 0.182 e. The molecule has 0 aliphatic carbocycles. The van der Waals surface area contributed by atoms with Crippen LogP contribution in [0.25, 0.3) is 11.1 Å². The molecule has 6 rings (SSSR count). The Morgan fingerprint density at radius 2 is 1.84 bits per heavy atom. The fourth-order valence-corrected chi connectivity index (χ4v) is 5.18. The van der Waals surface area contributed by atoms with E-state index < -0.39 is 0 Å². The molecule has 1 aromatic heterocycles. The lowest BCUT2D eigenvalue weighted by Crippen LogP contribution is -2.18. The van der Waals surface area contributed by atoms with Crippen LogP contribution in [0.4, 0.5) is 5.69 Å². The number of nitrogens with zero attached hydrogens (tertiary/aromatic N) is 2. The second-order valence-electron chi connectivity index (χ2n) is 8.54. The molecule has 158 valence electrons. The maximum absolute atomic E-state index is 6.65. The summed E-state index contributed by atoms with van der Waals surface area (Å²) in [6, 6.07) is 20.8. The van der Waals surface area contributed by atoms with Gasteiger partial charge in [0, 0.05) is 41.3 Å². The third-order valence-corrected chi connectivity index (χ3v) is 6.84. The summed E-state index contributed by atoms with van der Waals surface area (Å²) in [5.41, 5.74) is 5.51. The number of hydrogen-bond donors (Lipinski definition) is 0. The molecular weight excluding hydrogens is 456 g/mol. The summed E-state index contributed by atoms with van der Waals surface area (Å²) < 4.78 is 21.8. The molecule has 0 amide bonds. The van der Waals surface area contributed by atoms with Gasteiger partial charge >= 0.3 is 0 Å². The maximum atomic E-state index is 6.65. The molecule has 0 N–H and O–H groups in total. The lowest BCUT2D eigenvalue weighted by atomic mass is 9.87. The van der Waals surface area contributed by atoms with E-state index in [1.807, 2.05) is 29.0 Å². The van der Waals surface area contributed by atoms with Gasteiger partial charge in [0.25, 0.3) is 0 Å². The minimum atomic E-state index is -0.0463. The van der Waals surface area contributed by atoms with Crippen molar-refractivity contribution in [3.8, 4) is 11.5 Å². The molecule has 1 fully saturated rings. The molecule has 3 aromatic carbocycles. The van der Waals surface area contributed by atoms with Gasteiger partial charge in [-0.1, -0.05) is 34.1 Å². The zero-order valence-electron chi connectivity index (χ0n) is 17.4. The molecule has 0 bridgehead atoms. The third kappa shape index (κ3) is 3.17. The fourth-order valence-electron chi connectivity index (χ4n) is 4.80. The Hall–Kier alpha value is -2.70. The van der Waals surface area contributed by atoms with Crippen molar-refractivity contribution in [2.24, 2.45) is 0 Å². The third-order valence-electron chi connectivity index (χ3n) is 6.34. The van der Waals surface area contributed by atoms with Crippen LogP contribution in [0, 0.1) is 0 Å². The van der Waals surface area contributed by atoms with E-state index in [0.717, 1.165) is 44.7 Å². The molecular formula is C25H23BrN2O3. The van der Waals surface area contributed by atoms with Gasteiger partial charge in [-0.05, 0) is 48.9 Å². The Kier molecular flexibility index (Phi) is 4.40. The van der Waals surface area contributed by atoms with E-state index in [1.54, 1.807) is 0 Å². The molecule has 31 heavy (non-hydrogen) atoms. The highest BCUT2D eigenvalue weighted by molar-refractivity contribution is 9.10. The number of hydrogen-bond acceptors (Lipinski definition) is 4. The van der Waals surface area contributed by atoms with Crippen molar-refractivity contribution in [2.75, 3.05) is 19.0 Å². The second-order valence-corrected chi connectivity index (χ2v) is 9.46. The van der Waals surface area contributed by atoms with Gasteiger partial charge < -0.3 is 18.9 Å². The highest BCUT2D eigenvalue weighted by Crippen LogP contribution is 2.53. The van der Waals surface area contributed by atoms with E-state index in [1.165, 1.54) is 5.56 Å². The molecule has 6 heteroatoms. The molecule has 0 radical (unpaired) electrons. The van der Waals surface area contributed by atoms with Crippen LogP contribution in [0.1, 0.15) is 29.6 Å². The standard InChI is InChI=1S/C25H23BrN2O3/c1-27(2)16-8-10-24-21(12-16)28(31-24)14-17-13-19-18-5-3-4-6-22(18)30-23-9-7-15(26)11-20(23)25(19)29-17/h3-12,17,19,25H,13-14H2,1-2H3/t17-,19-,25-/m0/s1. The van der Waals surface area contributed by atoms with Gasteiger partial charge in [-0.15, -0.1) is 0 Å². The number of aromatic nitrogens is 1. The van der Waals surface area contributed by atoms with E-state index in [-0.39, 0.29) is 18.1 Å². The first-order chi connectivity index (χ1) is 15.1. The quantitative estimate of drug-likeness (QED) is 0.337. The predicted octanol–water partition coefficient (Wildman–Crippen LogP) is 6.48.